The average Bonchev–Trinajstić information content (AvgIpc) is 2.00. The molecule has 0 saturated carbocycles. The monoisotopic (exact) mass is 200 g/mol. The SMILES string of the molecule is CC1(C)OB([Si](C)(C)C)OC1(C)C. The highest BCUT2D eigenvalue weighted by molar-refractivity contribution is 7.27. The van der Waals surface area contributed by atoms with Gasteiger partial charge in [-0.2, -0.15) is 0 Å². The van der Waals surface area contributed by atoms with Crippen LogP contribution in [0.5, 0.6) is 0 Å². The van der Waals surface area contributed by atoms with E-state index in [1.807, 2.05) is 0 Å². The van der Waals surface area contributed by atoms with Crippen LogP contribution in [0.2, 0.25) is 19.6 Å². The minimum Gasteiger partial charge on any atom is -0.406 e. The molecule has 0 spiro atoms. The molecule has 0 aliphatic carbocycles. The number of hydrogen-bond donors (Lipinski definition) is 0. The lowest BCUT2D eigenvalue weighted by Gasteiger charge is -2.32. The number of rotatable bonds is 1. The van der Waals surface area contributed by atoms with Crippen molar-refractivity contribution in [2.45, 2.75) is 58.5 Å². The van der Waals surface area contributed by atoms with Gasteiger partial charge >= 0.3 is 6.71 Å². The summed E-state index contributed by atoms with van der Waals surface area (Å²) in [7, 11) is -1.35. The first-order valence-corrected chi connectivity index (χ1v) is 8.50. The fourth-order valence-corrected chi connectivity index (χ4v) is 2.49. The van der Waals surface area contributed by atoms with Crippen LogP contribution in [0.25, 0.3) is 0 Å². The molecule has 1 aliphatic heterocycles. The largest absolute Gasteiger partial charge is 0.432 e. The molecule has 0 atom stereocenters. The summed E-state index contributed by atoms with van der Waals surface area (Å²) in [6.07, 6.45) is 0. The van der Waals surface area contributed by atoms with Gasteiger partial charge in [-0.25, -0.2) is 0 Å². The summed E-state index contributed by atoms with van der Waals surface area (Å²) in [5.74, 6) is 0. The molecular formula is C9H21BO2Si. The van der Waals surface area contributed by atoms with Gasteiger partial charge in [-0.05, 0) is 27.7 Å². The molecule has 1 rings (SSSR count). The van der Waals surface area contributed by atoms with Crippen LogP contribution in [0.15, 0.2) is 0 Å². The molecule has 0 aromatic rings. The zero-order chi connectivity index (χ0) is 10.5. The molecule has 0 aromatic carbocycles. The van der Waals surface area contributed by atoms with E-state index >= 15 is 0 Å². The molecule has 0 unspecified atom stereocenters. The lowest BCUT2D eigenvalue weighted by Crippen LogP contribution is -2.45. The van der Waals surface area contributed by atoms with E-state index in [2.05, 4.69) is 47.3 Å². The van der Waals surface area contributed by atoms with Gasteiger partial charge in [0.1, 0.15) is 0 Å². The highest BCUT2D eigenvalue weighted by Gasteiger charge is 2.55. The second-order valence-electron chi connectivity index (χ2n) is 5.95. The van der Waals surface area contributed by atoms with Gasteiger partial charge < -0.3 is 9.31 Å². The van der Waals surface area contributed by atoms with Gasteiger partial charge in [0, 0.05) is 0 Å². The second-order valence-corrected chi connectivity index (χ2v) is 11.2. The molecule has 1 saturated heterocycles. The molecule has 76 valence electrons. The Morgan fingerprint density at radius 2 is 1.15 bits per heavy atom. The van der Waals surface area contributed by atoms with E-state index in [4.69, 9.17) is 9.31 Å². The molecule has 2 nitrogen and oxygen atoms in total. The smallest absolute Gasteiger partial charge is 0.406 e. The zero-order valence-corrected chi connectivity index (χ0v) is 10.9. The third kappa shape index (κ3) is 2.00. The molecule has 0 N–H and O–H groups in total. The van der Waals surface area contributed by atoms with Crippen LogP contribution in [0.4, 0.5) is 0 Å². The Balaban J connectivity index is 2.83. The van der Waals surface area contributed by atoms with Crippen molar-refractivity contribution in [3.8, 4) is 0 Å². The first kappa shape index (κ1) is 11.3. The molecular weight excluding hydrogens is 179 g/mol. The van der Waals surface area contributed by atoms with Crippen molar-refractivity contribution in [2.75, 3.05) is 0 Å². The summed E-state index contributed by atoms with van der Waals surface area (Å²) < 4.78 is 11.9. The van der Waals surface area contributed by atoms with Crippen molar-refractivity contribution in [2.24, 2.45) is 0 Å². The van der Waals surface area contributed by atoms with Crippen LogP contribution in [0, 0.1) is 0 Å². The maximum absolute atomic E-state index is 5.97. The van der Waals surface area contributed by atoms with Crippen LogP contribution in [-0.4, -0.2) is 25.9 Å². The van der Waals surface area contributed by atoms with E-state index in [-0.39, 0.29) is 17.9 Å². The van der Waals surface area contributed by atoms with Gasteiger partial charge in [-0.1, -0.05) is 19.6 Å². The van der Waals surface area contributed by atoms with Crippen LogP contribution in [0.3, 0.4) is 0 Å². The normalized spacial score (nSPS) is 26.5. The first-order chi connectivity index (χ1) is 5.56. The summed E-state index contributed by atoms with van der Waals surface area (Å²) >= 11 is 0. The first-order valence-electron chi connectivity index (χ1n) is 4.92. The van der Waals surface area contributed by atoms with Crippen LogP contribution in [0.1, 0.15) is 27.7 Å². The van der Waals surface area contributed by atoms with Crippen molar-refractivity contribution in [1.29, 1.82) is 0 Å². The molecule has 1 aliphatic rings. The molecule has 0 amide bonds. The Labute approximate surface area is 83.1 Å². The van der Waals surface area contributed by atoms with Crippen LogP contribution < -0.4 is 0 Å². The number of hydrogen-bond acceptors (Lipinski definition) is 2. The Morgan fingerprint density at radius 1 is 0.846 bits per heavy atom. The Kier molecular flexibility index (Phi) is 2.47. The Hall–Kier alpha value is 0.202. The van der Waals surface area contributed by atoms with Crippen molar-refractivity contribution >= 4 is 14.7 Å². The third-order valence-corrected chi connectivity index (χ3v) is 4.61. The predicted octanol–water partition coefficient (Wildman–Crippen LogP) is 2.50. The van der Waals surface area contributed by atoms with E-state index < -0.39 is 7.94 Å². The fourth-order valence-electron chi connectivity index (χ4n) is 1.20. The maximum Gasteiger partial charge on any atom is 0.432 e. The van der Waals surface area contributed by atoms with E-state index in [9.17, 15) is 0 Å². The van der Waals surface area contributed by atoms with E-state index in [1.54, 1.807) is 0 Å². The molecule has 0 radical (unpaired) electrons. The van der Waals surface area contributed by atoms with Crippen molar-refractivity contribution < 1.29 is 9.31 Å². The van der Waals surface area contributed by atoms with Gasteiger partial charge in [-0.3, -0.25) is 0 Å². The standard InChI is InChI=1S/C9H21BO2Si/c1-8(2)9(3,4)12-10(11-8)13(5,6)7/h1-7H3. The van der Waals surface area contributed by atoms with Crippen molar-refractivity contribution in [3.63, 3.8) is 0 Å². The highest BCUT2D eigenvalue weighted by atomic mass is 28.3. The minimum absolute atomic E-state index is 0.0394. The zero-order valence-electron chi connectivity index (χ0n) is 9.89. The summed E-state index contributed by atoms with van der Waals surface area (Å²) in [5, 5.41) is 0. The molecule has 4 heteroatoms. The molecule has 13 heavy (non-hydrogen) atoms. The van der Waals surface area contributed by atoms with Gasteiger partial charge in [-0.15, -0.1) is 0 Å². The van der Waals surface area contributed by atoms with Gasteiger partial charge in [0.2, 0.25) is 0 Å². The summed E-state index contributed by atoms with van der Waals surface area (Å²) in [6, 6.07) is 0. The highest BCUT2D eigenvalue weighted by Crippen LogP contribution is 2.38. The van der Waals surface area contributed by atoms with Gasteiger partial charge in [0.25, 0.3) is 0 Å². The van der Waals surface area contributed by atoms with Gasteiger partial charge in [0.15, 0.2) is 0 Å². The third-order valence-electron chi connectivity index (χ3n) is 2.96. The predicted molar refractivity (Wildman–Crippen MR) is 59.4 cm³/mol. The van der Waals surface area contributed by atoms with Gasteiger partial charge in [0.05, 0.1) is 19.1 Å². The summed E-state index contributed by atoms with van der Waals surface area (Å²) in [4.78, 5) is 0. The summed E-state index contributed by atoms with van der Waals surface area (Å²) in [6.45, 7) is 15.3. The topological polar surface area (TPSA) is 18.5 Å². The van der Waals surface area contributed by atoms with Crippen molar-refractivity contribution in [1.82, 2.24) is 0 Å². The van der Waals surface area contributed by atoms with Crippen LogP contribution >= 0.6 is 0 Å². The lowest BCUT2D eigenvalue weighted by atomic mass is 9.90. The lowest BCUT2D eigenvalue weighted by molar-refractivity contribution is 0.00578. The Morgan fingerprint density at radius 3 is 1.31 bits per heavy atom. The second kappa shape index (κ2) is 2.84. The summed E-state index contributed by atoms with van der Waals surface area (Å²) in [5.41, 5.74) is -0.337. The minimum atomic E-state index is -1.35. The average molecular weight is 200 g/mol. The van der Waals surface area contributed by atoms with E-state index in [0.717, 1.165) is 0 Å². The Bertz CT molecular complexity index is 192. The fraction of sp³-hybridized carbons (Fsp3) is 1.00. The maximum atomic E-state index is 5.97. The van der Waals surface area contributed by atoms with Crippen molar-refractivity contribution in [3.05, 3.63) is 0 Å². The molecule has 0 aromatic heterocycles. The molecule has 1 heterocycles. The molecule has 0 bridgehead atoms. The van der Waals surface area contributed by atoms with E-state index in [1.165, 1.54) is 0 Å². The van der Waals surface area contributed by atoms with Crippen LogP contribution in [-0.2, 0) is 9.31 Å². The quantitative estimate of drug-likeness (QED) is 0.605. The van der Waals surface area contributed by atoms with E-state index in [0.29, 0.717) is 0 Å². The molecule has 1 fully saturated rings.